The molecule has 0 heterocycles. The van der Waals surface area contributed by atoms with Crippen LogP contribution in [-0.2, 0) is 6.54 Å². The van der Waals surface area contributed by atoms with Gasteiger partial charge in [0.2, 0.25) is 0 Å². The summed E-state index contributed by atoms with van der Waals surface area (Å²) in [5.41, 5.74) is 8.93. The maximum Gasteiger partial charge on any atom is 0.150 e. The van der Waals surface area contributed by atoms with Gasteiger partial charge in [-0.25, -0.2) is 0 Å². The van der Waals surface area contributed by atoms with Crippen molar-refractivity contribution in [2.75, 3.05) is 19.8 Å². The van der Waals surface area contributed by atoms with E-state index in [2.05, 4.69) is 11.0 Å². The Labute approximate surface area is 128 Å². The van der Waals surface area contributed by atoms with Crippen LogP contribution in [0.3, 0.4) is 0 Å². The molecule has 21 heavy (non-hydrogen) atoms. The fourth-order valence-electron chi connectivity index (χ4n) is 1.95. The molecule has 0 amide bonds. The fourth-order valence-corrected chi connectivity index (χ4v) is 1.95. The number of nitrogens with zero attached hydrogens (tertiary/aromatic N) is 1. The van der Waals surface area contributed by atoms with E-state index in [1.165, 1.54) is 0 Å². The summed E-state index contributed by atoms with van der Waals surface area (Å²) in [5, 5.41) is 0. The van der Waals surface area contributed by atoms with E-state index < -0.39 is 0 Å². The van der Waals surface area contributed by atoms with E-state index in [0.717, 1.165) is 23.4 Å². The molecule has 0 unspecified atom stereocenters. The van der Waals surface area contributed by atoms with E-state index in [1.54, 1.807) is 0 Å². The lowest BCUT2D eigenvalue weighted by atomic mass is 10.2. The third-order valence-corrected chi connectivity index (χ3v) is 2.84. The number of hydrogen-bond acceptors (Lipinski definition) is 3. The van der Waals surface area contributed by atoms with Crippen molar-refractivity contribution in [2.24, 2.45) is 0 Å². The molecule has 0 aliphatic heterocycles. The smallest absolute Gasteiger partial charge is 0.150 e. The average molecular weight is 286 g/mol. The van der Waals surface area contributed by atoms with Crippen LogP contribution in [0.5, 0.6) is 11.5 Å². The second-order valence-electron chi connectivity index (χ2n) is 4.99. The molecule has 0 aliphatic rings. The van der Waals surface area contributed by atoms with Crippen molar-refractivity contribution >= 4 is 5.69 Å². The summed E-state index contributed by atoms with van der Waals surface area (Å²) in [4.78, 5) is 2.11. The van der Waals surface area contributed by atoms with Crippen LogP contribution in [-0.4, -0.2) is 19.0 Å². The monoisotopic (exact) mass is 286 g/mol. The zero-order valence-electron chi connectivity index (χ0n) is 13.7. The van der Waals surface area contributed by atoms with E-state index in [9.17, 15) is 0 Å². The Hall–Kier alpha value is -2.00. The summed E-state index contributed by atoms with van der Waals surface area (Å²) in [7, 11) is 4.08. The highest BCUT2D eigenvalue weighted by Gasteiger charge is 2.07. The van der Waals surface area contributed by atoms with Gasteiger partial charge in [0.25, 0.3) is 0 Å². The van der Waals surface area contributed by atoms with Crippen molar-refractivity contribution < 1.29 is 4.74 Å². The first-order chi connectivity index (χ1) is 10.1. The molecule has 2 aromatic rings. The van der Waals surface area contributed by atoms with Crippen molar-refractivity contribution in [1.82, 2.24) is 4.90 Å². The highest BCUT2D eigenvalue weighted by molar-refractivity contribution is 5.56. The summed E-state index contributed by atoms with van der Waals surface area (Å²) in [5.74, 6) is 1.56. The van der Waals surface area contributed by atoms with Gasteiger partial charge >= 0.3 is 0 Å². The predicted molar refractivity (Wildman–Crippen MR) is 90.8 cm³/mol. The number of benzene rings is 2. The van der Waals surface area contributed by atoms with E-state index in [1.807, 2.05) is 71.3 Å². The second-order valence-corrected chi connectivity index (χ2v) is 4.99. The Balaban J connectivity index is 0.00000106. The van der Waals surface area contributed by atoms with Gasteiger partial charge < -0.3 is 15.4 Å². The number of hydrogen-bond donors (Lipinski definition) is 1. The molecule has 0 aliphatic carbocycles. The van der Waals surface area contributed by atoms with E-state index in [0.29, 0.717) is 11.4 Å². The Kier molecular flexibility index (Phi) is 6.76. The van der Waals surface area contributed by atoms with Crippen LogP contribution >= 0.6 is 0 Å². The summed E-state index contributed by atoms with van der Waals surface area (Å²) in [6.07, 6.45) is 0. The molecule has 0 aromatic heterocycles. The molecule has 2 aromatic carbocycles. The van der Waals surface area contributed by atoms with Crippen LogP contribution in [0.1, 0.15) is 25.0 Å². The highest BCUT2D eigenvalue weighted by atomic mass is 16.5. The highest BCUT2D eigenvalue weighted by Crippen LogP contribution is 2.30. The van der Waals surface area contributed by atoms with Crippen LogP contribution < -0.4 is 10.5 Å². The number of rotatable bonds is 4. The fraction of sp³-hybridized carbons (Fsp3) is 0.333. The molecule has 0 radical (unpaired) electrons. The molecule has 0 saturated carbocycles. The Morgan fingerprint density at radius 2 is 1.67 bits per heavy atom. The molecular weight excluding hydrogens is 260 g/mol. The number of para-hydroxylation sites is 1. The first-order valence-electron chi connectivity index (χ1n) is 7.33. The maximum absolute atomic E-state index is 5.99. The average Bonchev–Trinajstić information content (AvgIpc) is 2.45. The summed E-state index contributed by atoms with van der Waals surface area (Å²) < 4.78 is 5.94. The molecule has 114 valence electrons. The maximum atomic E-state index is 5.99. The van der Waals surface area contributed by atoms with Gasteiger partial charge in [0, 0.05) is 12.1 Å². The zero-order chi connectivity index (χ0) is 15.8. The van der Waals surface area contributed by atoms with Crippen LogP contribution in [0.4, 0.5) is 5.69 Å². The van der Waals surface area contributed by atoms with Crippen LogP contribution in [0.15, 0.2) is 42.5 Å². The lowest BCUT2D eigenvalue weighted by Crippen LogP contribution is -2.11. The van der Waals surface area contributed by atoms with Gasteiger partial charge in [-0.1, -0.05) is 38.1 Å². The predicted octanol–water partition coefficient (Wildman–Crippen LogP) is 4.46. The topological polar surface area (TPSA) is 38.5 Å². The Bertz CT molecular complexity index is 565. The largest absolute Gasteiger partial charge is 0.455 e. The third kappa shape index (κ3) is 5.12. The van der Waals surface area contributed by atoms with Gasteiger partial charge in [-0.15, -0.1) is 0 Å². The van der Waals surface area contributed by atoms with Gasteiger partial charge in [-0.3, -0.25) is 0 Å². The van der Waals surface area contributed by atoms with E-state index in [4.69, 9.17) is 10.5 Å². The minimum atomic E-state index is 0.666. The zero-order valence-corrected chi connectivity index (χ0v) is 13.7. The molecule has 0 spiro atoms. The quantitative estimate of drug-likeness (QED) is 0.843. The van der Waals surface area contributed by atoms with Crippen molar-refractivity contribution in [3.05, 3.63) is 53.6 Å². The van der Waals surface area contributed by atoms with Crippen LogP contribution in [0, 0.1) is 6.92 Å². The molecule has 2 rings (SSSR count). The van der Waals surface area contributed by atoms with Gasteiger partial charge in [-0.2, -0.15) is 0 Å². The number of nitrogen functional groups attached to an aromatic ring is 1. The lowest BCUT2D eigenvalue weighted by molar-refractivity contribution is 0.389. The second kappa shape index (κ2) is 8.32. The van der Waals surface area contributed by atoms with Gasteiger partial charge in [-0.05, 0) is 44.8 Å². The summed E-state index contributed by atoms with van der Waals surface area (Å²) in [6.45, 7) is 6.85. The van der Waals surface area contributed by atoms with Gasteiger partial charge in [0.1, 0.15) is 11.5 Å². The number of anilines is 1. The molecule has 0 saturated heterocycles. The van der Waals surface area contributed by atoms with Crippen molar-refractivity contribution in [3.63, 3.8) is 0 Å². The third-order valence-electron chi connectivity index (χ3n) is 2.84. The normalized spacial score (nSPS) is 10.0. The van der Waals surface area contributed by atoms with Crippen molar-refractivity contribution in [1.29, 1.82) is 0 Å². The molecule has 2 N–H and O–H groups in total. The molecule has 0 fully saturated rings. The summed E-state index contributed by atoms with van der Waals surface area (Å²) in [6, 6.07) is 13.9. The Morgan fingerprint density at radius 1 is 1.00 bits per heavy atom. The standard InChI is InChI=1S/C16H20N2O.C2H6/c1-12-8-9-16(14(17)10-12)19-15-7-5-4-6-13(15)11-18(2)3;1-2/h4-10H,11,17H2,1-3H3;1-2H3. The number of aryl methyl sites for hydroxylation is 1. The SMILES string of the molecule is CC.Cc1ccc(Oc2ccccc2CN(C)C)c(N)c1. The molecule has 0 atom stereocenters. The van der Waals surface area contributed by atoms with Crippen LogP contribution in [0.2, 0.25) is 0 Å². The molecule has 0 bridgehead atoms. The Morgan fingerprint density at radius 3 is 2.29 bits per heavy atom. The number of ether oxygens (including phenoxy) is 1. The van der Waals surface area contributed by atoms with Crippen molar-refractivity contribution in [3.8, 4) is 11.5 Å². The van der Waals surface area contributed by atoms with Gasteiger partial charge in [0.15, 0.2) is 0 Å². The number of nitrogens with two attached hydrogens (primary N) is 1. The summed E-state index contributed by atoms with van der Waals surface area (Å²) >= 11 is 0. The first-order valence-corrected chi connectivity index (χ1v) is 7.33. The van der Waals surface area contributed by atoms with E-state index >= 15 is 0 Å². The minimum absolute atomic E-state index is 0.666. The molecule has 3 nitrogen and oxygen atoms in total. The lowest BCUT2D eigenvalue weighted by Gasteiger charge is -2.15. The van der Waals surface area contributed by atoms with Crippen LogP contribution in [0.25, 0.3) is 0 Å². The molecular formula is C18H26N2O. The minimum Gasteiger partial charge on any atom is -0.455 e. The molecule has 3 heteroatoms. The van der Waals surface area contributed by atoms with Gasteiger partial charge in [0.05, 0.1) is 5.69 Å². The first kappa shape index (κ1) is 17.1. The van der Waals surface area contributed by atoms with E-state index in [-0.39, 0.29) is 0 Å². The van der Waals surface area contributed by atoms with Crippen molar-refractivity contribution in [2.45, 2.75) is 27.3 Å².